The summed E-state index contributed by atoms with van der Waals surface area (Å²) in [5.41, 5.74) is 1.49. The van der Waals surface area contributed by atoms with Crippen LogP contribution in [-0.4, -0.2) is 71.4 Å². The van der Waals surface area contributed by atoms with Crippen LogP contribution in [0.4, 0.5) is 10.1 Å². The molecule has 1 saturated carbocycles. The smallest absolute Gasteiger partial charge is 0.251 e. The minimum absolute atomic E-state index is 0.00130. The van der Waals surface area contributed by atoms with Gasteiger partial charge in [0.15, 0.2) is 0 Å². The van der Waals surface area contributed by atoms with Crippen molar-refractivity contribution >= 4 is 61.6 Å². The SMILES string of the molecule is C[C@]1(C(=O)Nc2cccc(Cl)c2)[C@@H](c2cccc(Cl)c2F)[C@@H]2c3nc4cc(C(=O)NCCS(C)(=O)=O)ccc4n3CC[C@@H]2N1CC1CC1. The quantitative estimate of drug-likeness (QED) is 0.220. The van der Waals surface area contributed by atoms with Crippen molar-refractivity contribution in [1.82, 2.24) is 19.8 Å². The summed E-state index contributed by atoms with van der Waals surface area (Å²) in [5, 5.41) is 6.24. The lowest BCUT2D eigenvalue weighted by Gasteiger charge is -2.40. The molecular formula is C35H36Cl2FN5O4S. The first-order chi connectivity index (χ1) is 22.8. The molecule has 252 valence electrons. The van der Waals surface area contributed by atoms with Crippen LogP contribution in [0.1, 0.15) is 59.8 Å². The van der Waals surface area contributed by atoms with Gasteiger partial charge in [0.05, 0.1) is 21.8 Å². The van der Waals surface area contributed by atoms with E-state index >= 15 is 4.39 Å². The highest BCUT2D eigenvalue weighted by molar-refractivity contribution is 7.90. The Morgan fingerprint density at radius 1 is 1.06 bits per heavy atom. The summed E-state index contributed by atoms with van der Waals surface area (Å²) in [4.78, 5) is 35.0. The van der Waals surface area contributed by atoms with Gasteiger partial charge in [0, 0.05) is 60.0 Å². The van der Waals surface area contributed by atoms with Crippen molar-refractivity contribution < 1.29 is 22.4 Å². The number of fused-ring (bicyclic) bond motifs is 5. The molecular weight excluding hydrogens is 676 g/mol. The molecule has 1 aliphatic carbocycles. The number of halogens is 3. The van der Waals surface area contributed by atoms with Crippen molar-refractivity contribution in [2.24, 2.45) is 5.92 Å². The van der Waals surface area contributed by atoms with Crippen molar-refractivity contribution in [3.8, 4) is 0 Å². The van der Waals surface area contributed by atoms with Crippen LogP contribution < -0.4 is 10.6 Å². The molecule has 48 heavy (non-hydrogen) atoms. The number of aryl methyl sites for hydroxylation is 1. The summed E-state index contributed by atoms with van der Waals surface area (Å²) in [5.74, 6) is -1.25. The second kappa shape index (κ2) is 12.4. The van der Waals surface area contributed by atoms with Crippen molar-refractivity contribution in [1.29, 1.82) is 0 Å². The van der Waals surface area contributed by atoms with Gasteiger partial charge in [-0.05, 0) is 80.1 Å². The van der Waals surface area contributed by atoms with Gasteiger partial charge in [-0.25, -0.2) is 17.8 Å². The number of imidazole rings is 1. The Morgan fingerprint density at radius 2 is 1.83 bits per heavy atom. The number of benzene rings is 3. The van der Waals surface area contributed by atoms with Crippen LogP contribution in [-0.2, 0) is 21.2 Å². The van der Waals surface area contributed by atoms with Crippen molar-refractivity contribution in [2.75, 3.05) is 30.4 Å². The fourth-order valence-corrected chi connectivity index (χ4v) is 8.54. The van der Waals surface area contributed by atoms with E-state index in [0.29, 0.717) is 52.8 Å². The first-order valence-corrected chi connectivity index (χ1v) is 18.9. The van der Waals surface area contributed by atoms with Crippen LogP contribution in [0.25, 0.3) is 11.0 Å². The Labute approximate surface area is 288 Å². The van der Waals surface area contributed by atoms with Gasteiger partial charge >= 0.3 is 0 Å². The highest BCUT2D eigenvalue weighted by Gasteiger charge is 2.63. The molecule has 9 nitrogen and oxygen atoms in total. The maximum absolute atomic E-state index is 16.2. The van der Waals surface area contributed by atoms with Gasteiger partial charge in [0.1, 0.15) is 27.0 Å². The molecule has 0 spiro atoms. The Morgan fingerprint density at radius 3 is 2.56 bits per heavy atom. The number of nitrogens with zero attached hydrogens (tertiary/aromatic N) is 3. The maximum Gasteiger partial charge on any atom is 0.251 e. The van der Waals surface area contributed by atoms with Crippen LogP contribution in [0, 0.1) is 11.7 Å². The molecule has 0 bridgehead atoms. The number of carbonyl (C=O) groups excluding carboxylic acids is 2. The zero-order valence-electron chi connectivity index (χ0n) is 26.5. The summed E-state index contributed by atoms with van der Waals surface area (Å²) in [7, 11) is -3.23. The van der Waals surface area contributed by atoms with Crippen LogP contribution in [0.15, 0.2) is 60.7 Å². The predicted molar refractivity (Wildman–Crippen MR) is 185 cm³/mol. The molecule has 4 aromatic rings. The highest BCUT2D eigenvalue weighted by Crippen LogP contribution is 2.58. The van der Waals surface area contributed by atoms with Gasteiger partial charge in [-0.2, -0.15) is 0 Å². The lowest BCUT2D eigenvalue weighted by atomic mass is 9.73. The van der Waals surface area contributed by atoms with Gasteiger partial charge in [-0.1, -0.05) is 41.4 Å². The van der Waals surface area contributed by atoms with E-state index in [1.807, 2.05) is 13.0 Å². The van der Waals surface area contributed by atoms with E-state index < -0.39 is 33.0 Å². The lowest BCUT2D eigenvalue weighted by molar-refractivity contribution is -0.127. The van der Waals surface area contributed by atoms with E-state index in [1.165, 1.54) is 6.07 Å². The molecule has 2 amide bonds. The third kappa shape index (κ3) is 5.99. The van der Waals surface area contributed by atoms with Gasteiger partial charge in [-0.3, -0.25) is 14.5 Å². The zero-order valence-corrected chi connectivity index (χ0v) is 28.9. The van der Waals surface area contributed by atoms with E-state index in [0.717, 1.165) is 30.4 Å². The molecule has 3 aliphatic rings. The Hall–Kier alpha value is -3.51. The minimum atomic E-state index is -3.23. The Balaban J connectivity index is 1.34. The number of hydrogen-bond donors (Lipinski definition) is 2. The van der Waals surface area contributed by atoms with Crippen LogP contribution in [0.2, 0.25) is 10.0 Å². The number of hydrogen-bond acceptors (Lipinski definition) is 6. The number of aromatic nitrogens is 2. The first-order valence-electron chi connectivity index (χ1n) is 16.1. The topological polar surface area (TPSA) is 113 Å². The number of carbonyl (C=O) groups is 2. The maximum atomic E-state index is 16.2. The van der Waals surface area contributed by atoms with Gasteiger partial charge < -0.3 is 15.2 Å². The molecule has 0 radical (unpaired) electrons. The molecule has 4 atom stereocenters. The molecule has 2 fully saturated rings. The molecule has 3 aromatic carbocycles. The molecule has 1 aromatic heterocycles. The van der Waals surface area contributed by atoms with E-state index in [9.17, 15) is 18.0 Å². The zero-order chi connectivity index (χ0) is 34.0. The molecule has 7 rings (SSSR count). The molecule has 2 aliphatic heterocycles. The highest BCUT2D eigenvalue weighted by atomic mass is 35.5. The summed E-state index contributed by atoms with van der Waals surface area (Å²) in [6.45, 7) is 3.23. The van der Waals surface area contributed by atoms with Gasteiger partial charge in [0.2, 0.25) is 5.91 Å². The van der Waals surface area contributed by atoms with E-state index in [-0.39, 0.29) is 35.2 Å². The second-order valence-electron chi connectivity index (χ2n) is 13.4. The largest absolute Gasteiger partial charge is 0.351 e. The standard InChI is InChI=1S/C35H36Cl2FN5O4S/c1-35(34(45)40-23-6-3-5-22(36)18-23)30(24-7-4-8-25(37)31(24)38)29-28(43(35)19-20-9-10-20)13-15-42-27-12-11-21(17-26(27)41-32(29)42)33(44)39-14-16-48(2,46)47/h3-8,11-12,17-18,20,28-30H,9-10,13-16,19H2,1-2H3,(H,39,44)(H,40,45)/t28-,29+,30-,35+/m0/s1. The van der Waals surface area contributed by atoms with Crippen LogP contribution >= 0.6 is 23.2 Å². The molecule has 1 saturated heterocycles. The second-order valence-corrected chi connectivity index (χ2v) is 16.5. The number of amides is 2. The van der Waals surface area contributed by atoms with Gasteiger partial charge in [-0.15, -0.1) is 0 Å². The van der Waals surface area contributed by atoms with E-state index in [2.05, 4.69) is 20.1 Å². The van der Waals surface area contributed by atoms with E-state index in [4.69, 9.17) is 28.2 Å². The third-order valence-corrected chi connectivity index (χ3v) is 11.6. The number of likely N-dealkylation sites (tertiary alicyclic amines) is 1. The normalized spacial score (nSPS) is 23.9. The van der Waals surface area contributed by atoms with Crippen molar-refractivity contribution in [3.05, 3.63) is 93.5 Å². The molecule has 0 unspecified atom stereocenters. The van der Waals surface area contributed by atoms with Crippen molar-refractivity contribution in [3.63, 3.8) is 0 Å². The fourth-order valence-electron chi connectivity index (χ4n) is 7.69. The predicted octanol–water partition coefficient (Wildman–Crippen LogP) is 6.02. The fraction of sp³-hybridized carbons (Fsp3) is 0.400. The summed E-state index contributed by atoms with van der Waals surface area (Å²) in [6, 6.07) is 17.0. The van der Waals surface area contributed by atoms with E-state index in [1.54, 1.807) is 48.5 Å². The molecule has 3 heterocycles. The van der Waals surface area contributed by atoms with Crippen LogP contribution in [0.5, 0.6) is 0 Å². The Kier molecular flexibility index (Phi) is 8.55. The average Bonchev–Trinajstić information content (AvgIpc) is 3.72. The summed E-state index contributed by atoms with van der Waals surface area (Å²) < 4.78 is 41.4. The number of nitrogens with one attached hydrogen (secondary N) is 2. The molecule has 2 N–H and O–H groups in total. The average molecular weight is 713 g/mol. The Bertz CT molecular complexity index is 2050. The number of anilines is 1. The summed E-state index contributed by atoms with van der Waals surface area (Å²) >= 11 is 12.7. The van der Waals surface area contributed by atoms with Crippen LogP contribution in [0.3, 0.4) is 0 Å². The van der Waals surface area contributed by atoms with Gasteiger partial charge in [0.25, 0.3) is 5.91 Å². The number of rotatable bonds is 9. The monoisotopic (exact) mass is 711 g/mol. The summed E-state index contributed by atoms with van der Waals surface area (Å²) in [6.07, 6.45) is 3.98. The molecule has 13 heteroatoms. The third-order valence-electron chi connectivity index (χ3n) is 10.1. The number of sulfone groups is 1. The van der Waals surface area contributed by atoms with Crippen molar-refractivity contribution in [2.45, 2.75) is 56.1 Å². The lowest BCUT2D eigenvalue weighted by Crippen LogP contribution is -2.56. The first kappa shape index (κ1) is 33.0. The minimum Gasteiger partial charge on any atom is -0.351 e.